The quantitative estimate of drug-likeness (QED) is 0.729. The van der Waals surface area contributed by atoms with Gasteiger partial charge in [-0.05, 0) is 19.3 Å². The molecule has 3 nitrogen and oxygen atoms in total. The molecule has 0 spiro atoms. The Labute approximate surface area is 101 Å². The Morgan fingerprint density at radius 2 is 2.20 bits per heavy atom. The van der Waals surface area contributed by atoms with Gasteiger partial charge in [-0.25, -0.2) is 8.42 Å². The molecule has 0 aromatic rings. The van der Waals surface area contributed by atoms with Gasteiger partial charge in [0, 0.05) is 11.9 Å². The molecule has 0 aliphatic carbocycles. The second kappa shape index (κ2) is 5.64. The van der Waals surface area contributed by atoms with Gasteiger partial charge < -0.3 is 4.74 Å². The van der Waals surface area contributed by atoms with Crippen LogP contribution in [0.2, 0.25) is 0 Å². The first-order valence-electron chi connectivity index (χ1n) is 5.40. The van der Waals surface area contributed by atoms with Crippen LogP contribution in [-0.4, -0.2) is 37.5 Å². The topological polar surface area (TPSA) is 43.4 Å². The zero-order valence-electron chi connectivity index (χ0n) is 9.28. The van der Waals surface area contributed by atoms with Gasteiger partial charge in [-0.2, -0.15) is 0 Å². The van der Waals surface area contributed by atoms with Gasteiger partial charge in [0.25, 0.3) is 0 Å². The molecule has 5 heteroatoms. The van der Waals surface area contributed by atoms with Crippen LogP contribution in [0.25, 0.3) is 0 Å². The Kier molecular flexibility index (Phi) is 5.06. The van der Waals surface area contributed by atoms with Gasteiger partial charge in [0.1, 0.15) is 0 Å². The van der Waals surface area contributed by atoms with Crippen LogP contribution in [0.5, 0.6) is 0 Å². The normalized spacial score (nSPS) is 29.3. The lowest BCUT2D eigenvalue weighted by Crippen LogP contribution is -2.32. The van der Waals surface area contributed by atoms with Crippen molar-refractivity contribution in [1.82, 2.24) is 0 Å². The van der Waals surface area contributed by atoms with Crippen LogP contribution < -0.4 is 0 Å². The second-order valence-electron chi connectivity index (χ2n) is 4.16. The molecule has 90 valence electrons. The van der Waals surface area contributed by atoms with Crippen molar-refractivity contribution in [2.24, 2.45) is 5.92 Å². The third-order valence-corrected chi connectivity index (χ3v) is 6.42. The summed E-state index contributed by atoms with van der Waals surface area (Å²) in [6.07, 6.45) is 1.41. The van der Waals surface area contributed by atoms with Crippen LogP contribution in [0.15, 0.2) is 0 Å². The van der Waals surface area contributed by atoms with E-state index >= 15 is 0 Å². The summed E-state index contributed by atoms with van der Waals surface area (Å²) >= 11 is 3.36. The first-order valence-corrected chi connectivity index (χ1v) is 8.24. The van der Waals surface area contributed by atoms with Crippen LogP contribution in [0.4, 0.5) is 0 Å². The molecule has 1 aliphatic heterocycles. The number of alkyl halides is 1. The van der Waals surface area contributed by atoms with E-state index in [1.165, 1.54) is 0 Å². The number of rotatable bonds is 5. The average Bonchev–Trinajstić information content (AvgIpc) is 2.61. The Bertz CT molecular complexity index is 285. The second-order valence-corrected chi connectivity index (χ2v) is 7.07. The fourth-order valence-electron chi connectivity index (χ4n) is 1.91. The molecule has 3 atom stereocenters. The molecule has 1 fully saturated rings. The summed E-state index contributed by atoms with van der Waals surface area (Å²) in [5, 5.41) is 0.468. The molecule has 1 aliphatic rings. The van der Waals surface area contributed by atoms with Gasteiger partial charge in [0.15, 0.2) is 9.84 Å². The zero-order valence-corrected chi connectivity index (χ0v) is 11.7. The van der Waals surface area contributed by atoms with E-state index in [2.05, 4.69) is 15.9 Å². The highest BCUT2D eigenvalue weighted by molar-refractivity contribution is 9.09. The highest BCUT2D eigenvalue weighted by Crippen LogP contribution is 2.24. The van der Waals surface area contributed by atoms with E-state index in [1.54, 1.807) is 0 Å². The molecule has 1 heterocycles. The van der Waals surface area contributed by atoms with Gasteiger partial charge in [0.05, 0.1) is 17.1 Å². The van der Waals surface area contributed by atoms with Crippen LogP contribution in [0.1, 0.15) is 26.7 Å². The minimum absolute atomic E-state index is 0.136. The maximum atomic E-state index is 12.1. The third kappa shape index (κ3) is 3.43. The first kappa shape index (κ1) is 13.5. The fraction of sp³-hybridized carbons (Fsp3) is 1.00. The van der Waals surface area contributed by atoms with E-state index in [9.17, 15) is 8.42 Å². The summed E-state index contributed by atoms with van der Waals surface area (Å²) in [7, 11) is -2.99. The number of halogens is 1. The third-order valence-electron chi connectivity index (χ3n) is 3.03. The highest BCUT2D eigenvalue weighted by Gasteiger charge is 2.36. The first-order chi connectivity index (χ1) is 7.01. The Morgan fingerprint density at radius 1 is 1.53 bits per heavy atom. The van der Waals surface area contributed by atoms with E-state index in [4.69, 9.17) is 4.74 Å². The van der Waals surface area contributed by atoms with Crippen molar-refractivity contribution in [3.8, 4) is 0 Å². The maximum absolute atomic E-state index is 12.1. The van der Waals surface area contributed by atoms with Crippen molar-refractivity contribution in [1.29, 1.82) is 0 Å². The molecule has 1 saturated heterocycles. The summed E-state index contributed by atoms with van der Waals surface area (Å²) in [5.41, 5.74) is 0. The van der Waals surface area contributed by atoms with Crippen LogP contribution >= 0.6 is 15.9 Å². The molecular formula is C10H19BrO3S. The van der Waals surface area contributed by atoms with E-state index in [-0.39, 0.29) is 23.0 Å². The minimum atomic E-state index is -2.99. The molecule has 15 heavy (non-hydrogen) atoms. The highest BCUT2D eigenvalue weighted by atomic mass is 79.9. The summed E-state index contributed by atoms with van der Waals surface area (Å²) < 4.78 is 29.5. The SMILES string of the molecule is CCC(CBr)CS(=O)(=O)C1CCOC1C. The maximum Gasteiger partial charge on any atom is 0.156 e. The van der Waals surface area contributed by atoms with Crippen LogP contribution in [0.3, 0.4) is 0 Å². The van der Waals surface area contributed by atoms with Crippen LogP contribution in [-0.2, 0) is 14.6 Å². The Hall–Kier alpha value is 0.390. The van der Waals surface area contributed by atoms with Crippen molar-refractivity contribution in [3.05, 3.63) is 0 Å². The predicted molar refractivity (Wildman–Crippen MR) is 65.2 cm³/mol. The molecular weight excluding hydrogens is 280 g/mol. The monoisotopic (exact) mass is 298 g/mol. The minimum Gasteiger partial charge on any atom is -0.377 e. The fourth-order valence-corrected chi connectivity index (χ4v) is 5.27. The van der Waals surface area contributed by atoms with Crippen molar-refractivity contribution in [3.63, 3.8) is 0 Å². The van der Waals surface area contributed by atoms with E-state index < -0.39 is 9.84 Å². The molecule has 0 amide bonds. The molecule has 0 aromatic heterocycles. The standard InChI is InChI=1S/C10H19BrO3S/c1-3-9(6-11)7-15(12,13)10-4-5-14-8(10)2/h8-10H,3-7H2,1-2H3. The van der Waals surface area contributed by atoms with Gasteiger partial charge >= 0.3 is 0 Å². The van der Waals surface area contributed by atoms with Crippen molar-refractivity contribution >= 4 is 25.8 Å². The molecule has 3 unspecified atom stereocenters. The Morgan fingerprint density at radius 3 is 2.60 bits per heavy atom. The zero-order chi connectivity index (χ0) is 11.5. The number of sulfone groups is 1. The molecule has 0 bridgehead atoms. The van der Waals surface area contributed by atoms with Gasteiger partial charge in [-0.15, -0.1) is 0 Å². The van der Waals surface area contributed by atoms with Gasteiger partial charge in [-0.3, -0.25) is 0 Å². The summed E-state index contributed by atoms with van der Waals surface area (Å²) in [4.78, 5) is 0. The molecule has 0 saturated carbocycles. The number of hydrogen-bond acceptors (Lipinski definition) is 3. The lowest BCUT2D eigenvalue weighted by molar-refractivity contribution is 0.126. The Balaban J connectivity index is 2.66. The summed E-state index contributed by atoms with van der Waals surface area (Å²) in [6, 6.07) is 0. The molecule has 0 N–H and O–H groups in total. The molecule has 0 aromatic carbocycles. The average molecular weight is 299 g/mol. The lowest BCUT2D eigenvalue weighted by Gasteiger charge is -2.18. The van der Waals surface area contributed by atoms with Crippen molar-refractivity contribution in [2.75, 3.05) is 17.7 Å². The van der Waals surface area contributed by atoms with E-state index in [0.717, 1.165) is 11.8 Å². The predicted octanol–water partition coefficient (Wildman–Crippen LogP) is 2.00. The molecule has 0 radical (unpaired) electrons. The van der Waals surface area contributed by atoms with E-state index in [0.29, 0.717) is 13.0 Å². The summed E-state index contributed by atoms with van der Waals surface area (Å²) in [5.74, 6) is 0.510. The number of hydrogen-bond donors (Lipinski definition) is 0. The lowest BCUT2D eigenvalue weighted by atomic mass is 10.2. The van der Waals surface area contributed by atoms with Crippen molar-refractivity contribution < 1.29 is 13.2 Å². The van der Waals surface area contributed by atoms with E-state index in [1.807, 2.05) is 13.8 Å². The van der Waals surface area contributed by atoms with Crippen molar-refractivity contribution in [2.45, 2.75) is 38.0 Å². The smallest absolute Gasteiger partial charge is 0.156 e. The number of ether oxygens (including phenoxy) is 1. The van der Waals surface area contributed by atoms with Crippen LogP contribution in [0, 0.1) is 5.92 Å². The largest absolute Gasteiger partial charge is 0.377 e. The summed E-state index contributed by atoms with van der Waals surface area (Å²) in [6.45, 7) is 4.45. The van der Waals surface area contributed by atoms with Gasteiger partial charge in [0.2, 0.25) is 0 Å². The molecule has 1 rings (SSSR count). The van der Waals surface area contributed by atoms with Gasteiger partial charge in [-0.1, -0.05) is 29.3 Å².